The predicted molar refractivity (Wildman–Crippen MR) is 119 cm³/mol. The molecule has 170 valence electrons. The van der Waals surface area contributed by atoms with Crippen molar-refractivity contribution in [2.24, 2.45) is 0 Å². The second-order valence-corrected chi connectivity index (χ2v) is 8.44. The number of aliphatic hydroxyl groups is 1. The van der Waals surface area contributed by atoms with Crippen LogP contribution >= 0.6 is 0 Å². The van der Waals surface area contributed by atoms with E-state index in [4.69, 9.17) is 5.11 Å². The lowest BCUT2D eigenvalue weighted by atomic mass is 10.0. The molecule has 0 fully saturated rings. The summed E-state index contributed by atoms with van der Waals surface area (Å²) in [6, 6.07) is 7.44. The summed E-state index contributed by atoms with van der Waals surface area (Å²) in [7, 11) is 0. The molecule has 2 N–H and O–H groups in total. The van der Waals surface area contributed by atoms with Crippen LogP contribution in [0.5, 0.6) is 0 Å². The first-order valence-electron chi connectivity index (χ1n) is 11.1. The van der Waals surface area contributed by atoms with Crippen molar-refractivity contribution in [1.29, 1.82) is 0 Å². The van der Waals surface area contributed by atoms with Gasteiger partial charge in [-0.25, -0.2) is 4.98 Å². The Balaban J connectivity index is 1.33. The van der Waals surface area contributed by atoms with Crippen LogP contribution in [0.1, 0.15) is 53.2 Å². The number of amides is 2. The summed E-state index contributed by atoms with van der Waals surface area (Å²) in [6.07, 6.45) is 4.40. The van der Waals surface area contributed by atoms with E-state index >= 15 is 0 Å². The Hall–Kier alpha value is -3.66. The molecule has 10 nitrogen and oxygen atoms in total. The Morgan fingerprint density at radius 1 is 1.21 bits per heavy atom. The maximum atomic E-state index is 12.9. The number of nitrogens with one attached hydrogen (secondary N) is 1. The second-order valence-electron chi connectivity index (χ2n) is 8.44. The van der Waals surface area contributed by atoms with Gasteiger partial charge in [-0.1, -0.05) is 6.07 Å². The van der Waals surface area contributed by atoms with Crippen LogP contribution < -0.4 is 5.32 Å². The van der Waals surface area contributed by atoms with Crippen LogP contribution in [-0.4, -0.2) is 59.7 Å². The molecular formula is C23H25N7O3. The minimum absolute atomic E-state index is 0.0961. The average Bonchev–Trinajstić information content (AvgIpc) is 3.41. The molecular weight excluding hydrogens is 422 g/mol. The fourth-order valence-corrected chi connectivity index (χ4v) is 4.44. The van der Waals surface area contributed by atoms with Crippen molar-refractivity contribution in [2.45, 2.75) is 45.2 Å². The molecule has 0 saturated heterocycles. The smallest absolute Gasteiger partial charge is 0.275 e. The van der Waals surface area contributed by atoms with Crippen LogP contribution in [0.2, 0.25) is 0 Å². The van der Waals surface area contributed by atoms with Gasteiger partial charge in [0.05, 0.1) is 6.61 Å². The Morgan fingerprint density at radius 2 is 2.09 bits per heavy atom. The van der Waals surface area contributed by atoms with Crippen molar-refractivity contribution in [1.82, 2.24) is 29.6 Å². The number of aryl methyl sites for hydroxylation is 1. The SMILES string of the molecule is C[C@@H]1CCc2nnc(-c3cccc(NC(=O)c4cc5c(cn4)CCN(C(=O)CCO)C5)n3)n21. The third kappa shape index (κ3) is 4.09. The molecule has 0 radical (unpaired) electrons. The van der Waals surface area contributed by atoms with Gasteiger partial charge < -0.3 is 19.9 Å². The molecule has 0 bridgehead atoms. The van der Waals surface area contributed by atoms with Gasteiger partial charge in [-0.2, -0.15) is 0 Å². The molecule has 2 aliphatic heterocycles. The molecule has 1 atom stereocenters. The van der Waals surface area contributed by atoms with E-state index in [-0.39, 0.29) is 30.5 Å². The number of anilines is 1. The average molecular weight is 447 g/mol. The van der Waals surface area contributed by atoms with Gasteiger partial charge in [0, 0.05) is 38.2 Å². The quantitative estimate of drug-likeness (QED) is 0.610. The zero-order valence-electron chi connectivity index (χ0n) is 18.4. The number of aliphatic hydroxyl groups excluding tert-OH is 1. The van der Waals surface area contributed by atoms with Crippen molar-refractivity contribution < 1.29 is 14.7 Å². The van der Waals surface area contributed by atoms with E-state index in [1.165, 1.54) is 0 Å². The second kappa shape index (κ2) is 8.70. The summed E-state index contributed by atoms with van der Waals surface area (Å²) in [5, 5.41) is 20.4. The molecule has 3 aromatic heterocycles. The van der Waals surface area contributed by atoms with Gasteiger partial charge in [0.1, 0.15) is 23.0 Å². The number of rotatable bonds is 5. The molecule has 5 rings (SSSR count). The zero-order chi connectivity index (χ0) is 22.9. The van der Waals surface area contributed by atoms with Gasteiger partial charge in [0.2, 0.25) is 5.91 Å². The third-order valence-corrected chi connectivity index (χ3v) is 6.22. The zero-order valence-corrected chi connectivity index (χ0v) is 18.4. The highest BCUT2D eigenvalue weighted by Crippen LogP contribution is 2.30. The monoisotopic (exact) mass is 447 g/mol. The maximum Gasteiger partial charge on any atom is 0.275 e. The van der Waals surface area contributed by atoms with Crippen LogP contribution in [0.4, 0.5) is 5.82 Å². The lowest BCUT2D eigenvalue weighted by molar-refractivity contribution is -0.132. The summed E-state index contributed by atoms with van der Waals surface area (Å²) in [5.74, 6) is 1.59. The first-order valence-corrected chi connectivity index (χ1v) is 11.1. The lowest BCUT2D eigenvalue weighted by Crippen LogP contribution is -2.36. The number of fused-ring (bicyclic) bond motifs is 2. The number of hydrogen-bond donors (Lipinski definition) is 2. The Bertz CT molecular complexity index is 1220. The van der Waals surface area contributed by atoms with E-state index in [1.54, 1.807) is 23.2 Å². The van der Waals surface area contributed by atoms with E-state index < -0.39 is 0 Å². The molecule has 33 heavy (non-hydrogen) atoms. The molecule has 10 heteroatoms. The normalized spacial score (nSPS) is 16.9. The van der Waals surface area contributed by atoms with Gasteiger partial charge in [0.15, 0.2) is 5.82 Å². The summed E-state index contributed by atoms with van der Waals surface area (Å²) < 4.78 is 2.10. The Labute approximate surface area is 190 Å². The maximum absolute atomic E-state index is 12.9. The van der Waals surface area contributed by atoms with Crippen LogP contribution in [0.15, 0.2) is 30.5 Å². The van der Waals surface area contributed by atoms with Crippen LogP contribution in [0.25, 0.3) is 11.5 Å². The topological polar surface area (TPSA) is 126 Å². The minimum Gasteiger partial charge on any atom is -0.396 e. The van der Waals surface area contributed by atoms with E-state index in [9.17, 15) is 9.59 Å². The number of nitrogens with zero attached hydrogens (tertiary/aromatic N) is 6. The van der Waals surface area contributed by atoms with E-state index in [1.807, 2.05) is 12.1 Å². The fourth-order valence-electron chi connectivity index (χ4n) is 4.44. The van der Waals surface area contributed by atoms with Gasteiger partial charge in [-0.05, 0) is 49.1 Å². The third-order valence-electron chi connectivity index (χ3n) is 6.22. The van der Waals surface area contributed by atoms with Gasteiger partial charge in [0.25, 0.3) is 5.91 Å². The molecule has 0 unspecified atom stereocenters. The first kappa shape index (κ1) is 21.2. The number of hydrogen-bond acceptors (Lipinski definition) is 7. The van der Waals surface area contributed by atoms with Crippen molar-refractivity contribution in [3.8, 4) is 11.5 Å². The summed E-state index contributed by atoms with van der Waals surface area (Å²) in [6.45, 7) is 2.95. The van der Waals surface area contributed by atoms with Crippen molar-refractivity contribution in [3.63, 3.8) is 0 Å². The Kier molecular flexibility index (Phi) is 5.59. The van der Waals surface area contributed by atoms with Crippen LogP contribution in [0.3, 0.4) is 0 Å². The highest BCUT2D eigenvalue weighted by Gasteiger charge is 2.25. The highest BCUT2D eigenvalue weighted by atomic mass is 16.3. The van der Waals surface area contributed by atoms with E-state index in [0.717, 1.165) is 29.8 Å². The van der Waals surface area contributed by atoms with Crippen molar-refractivity contribution >= 4 is 17.6 Å². The van der Waals surface area contributed by atoms with E-state index in [2.05, 4.69) is 37.0 Å². The van der Waals surface area contributed by atoms with Crippen molar-refractivity contribution in [2.75, 3.05) is 18.5 Å². The van der Waals surface area contributed by atoms with Gasteiger partial charge in [-0.3, -0.25) is 14.6 Å². The fraction of sp³-hybridized carbons (Fsp3) is 0.391. The molecule has 0 aliphatic carbocycles. The molecule has 3 aromatic rings. The predicted octanol–water partition coefficient (Wildman–Crippen LogP) is 1.76. The van der Waals surface area contributed by atoms with E-state index in [0.29, 0.717) is 42.9 Å². The molecule has 0 saturated carbocycles. The highest BCUT2D eigenvalue weighted by molar-refractivity contribution is 6.02. The summed E-state index contributed by atoms with van der Waals surface area (Å²) in [5.41, 5.74) is 2.82. The molecule has 0 spiro atoms. The standard InChI is InChI=1S/C23H25N7O3/c1-14-5-6-20-27-28-22(30(14)20)17-3-2-4-19(25-17)26-23(33)18-11-16-13-29(21(32)8-10-31)9-7-15(16)12-24-18/h2-4,11-12,14,31H,5-10,13H2,1H3,(H,25,26,33)/t14-/m1/s1. The number of aromatic nitrogens is 5. The first-order chi connectivity index (χ1) is 16.0. The lowest BCUT2D eigenvalue weighted by Gasteiger charge is -2.28. The number of pyridine rings is 2. The Morgan fingerprint density at radius 3 is 2.94 bits per heavy atom. The molecule has 5 heterocycles. The minimum atomic E-state index is -0.374. The summed E-state index contributed by atoms with van der Waals surface area (Å²) >= 11 is 0. The van der Waals surface area contributed by atoms with Crippen molar-refractivity contribution in [3.05, 3.63) is 53.1 Å². The van der Waals surface area contributed by atoms with Gasteiger partial charge >= 0.3 is 0 Å². The van der Waals surface area contributed by atoms with Gasteiger partial charge in [-0.15, -0.1) is 10.2 Å². The molecule has 0 aromatic carbocycles. The molecule has 2 amide bonds. The van der Waals surface area contributed by atoms with Crippen LogP contribution in [0, 0.1) is 0 Å². The number of carbonyl (C=O) groups excluding carboxylic acids is 2. The summed E-state index contributed by atoms with van der Waals surface area (Å²) in [4.78, 5) is 35.6. The van der Waals surface area contributed by atoms with Crippen LogP contribution in [-0.2, 0) is 24.2 Å². The number of carbonyl (C=O) groups is 2. The largest absolute Gasteiger partial charge is 0.396 e. The molecule has 2 aliphatic rings.